The van der Waals surface area contributed by atoms with E-state index in [1.807, 2.05) is 0 Å². The summed E-state index contributed by atoms with van der Waals surface area (Å²) in [7, 11) is -2.72. The van der Waals surface area contributed by atoms with E-state index in [0.29, 0.717) is 5.04 Å². The third-order valence-corrected chi connectivity index (χ3v) is 23.0. The molecule has 0 fully saturated rings. The van der Waals surface area contributed by atoms with E-state index in [1.165, 1.54) is 18.1 Å². The van der Waals surface area contributed by atoms with Gasteiger partial charge in [0.2, 0.25) is 0 Å². The third kappa shape index (κ3) is 4.13. The zero-order valence-corrected chi connectivity index (χ0v) is 16.2. The molecule has 0 saturated carbocycles. The number of hydrogen-bond donors (Lipinski definition) is 0. The lowest BCUT2D eigenvalue weighted by Gasteiger charge is -2.40. The average molecular weight is 277 g/mol. The first-order valence-corrected chi connectivity index (χ1v) is 15.2. The van der Waals surface area contributed by atoms with Gasteiger partial charge in [-0.1, -0.05) is 54.6 Å². The third-order valence-electron chi connectivity index (χ3n) is 4.70. The van der Waals surface area contributed by atoms with Gasteiger partial charge < -0.3 is 4.12 Å². The van der Waals surface area contributed by atoms with Crippen LogP contribution in [0.2, 0.25) is 36.3 Å². The standard InChI is InChI=1S/C12H32OSi3/c1-9-16(10-2,11-3)13-14-15(7,8)12(4,5)6/h9-11,14H2,1-8H3. The molecule has 0 aromatic rings. The zero-order valence-electron chi connectivity index (χ0n) is 12.7. The van der Waals surface area contributed by atoms with Gasteiger partial charge in [-0.3, -0.25) is 0 Å². The Morgan fingerprint density at radius 3 is 1.56 bits per heavy atom. The first kappa shape index (κ1) is 16.6. The summed E-state index contributed by atoms with van der Waals surface area (Å²) >= 11 is 0. The Morgan fingerprint density at radius 2 is 1.31 bits per heavy atom. The van der Waals surface area contributed by atoms with Crippen molar-refractivity contribution in [3.8, 4) is 0 Å². The molecule has 0 aromatic carbocycles. The van der Waals surface area contributed by atoms with Crippen LogP contribution in [0.3, 0.4) is 0 Å². The van der Waals surface area contributed by atoms with Gasteiger partial charge in [0.15, 0.2) is 8.32 Å². The Kier molecular flexibility index (Phi) is 6.21. The van der Waals surface area contributed by atoms with Gasteiger partial charge in [-0.15, -0.1) is 0 Å². The largest absolute Gasteiger partial charge is 0.463 e. The lowest BCUT2D eigenvalue weighted by Crippen LogP contribution is -2.50. The van der Waals surface area contributed by atoms with E-state index in [2.05, 4.69) is 54.6 Å². The summed E-state index contributed by atoms with van der Waals surface area (Å²) in [6.45, 7) is 19.3. The van der Waals surface area contributed by atoms with E-state index in [4.69, 9.17) is 4.12 Å². The highest BCUT2D eigenvalue weighted by molar-refractivity contribution is 7.24. The summed E-state index contributed by atoms with van der Waals surface area (Å²) in [4.78, 5) is 0. The van der Waals surface area contributed by atoms with Crippen LogP contribution in [-0.2, 0) is 4.12 Å². The first-order chi connectivity index (χ1) is 7.14. The summed E-state index contributed by atoms with van der Waals surface area (Å²) < 4.78 is 6.61. The van der Waals surface area contributed by atoms with Crippen molar-refractivity contribution in [2.75, 3.05) is 0 Å². The van der Waals surface area contributed by atoms with Gasteiger partial charge >= 0.3 is 0 Å². The minimum atomic E-state index is -1.31. The van der Waals surface area contributed by atoms with Gasteiger partial charge in [0.05, 0.1) is 7.59 Å². The molecule has 0 unspecified atom stereocenters. The minimum Gasteiger partial charge on any atom is -0.463 e. The van der Waals surface area contributed by atoms with Crippen LogP contribution in [0.1, 0.15) is 41.5 Å². The second-order valence-corrected chi connectivity index (χ2v) is 24.0. The van der Waals surface area contributed by atoms with Crippen LogP contribution in [0.25, 0.3) is 0 Å². The van der Waals surface area contributed by atoms with E-state index >= 15 is 0 Å². The highest BCUT2D eigenvalue weighted by atomic mass is 29.2. The molecule has 4 heteroatoms. The molecule has 0 amide bonds. The van der Waals surface area contributed by atoms with Crippen LogP contribution in [0.4, 0.5) is 0 Å². The average Bonchev–Trinajstić information content (AvgIpc) is 2.19. The molecule has 16 heavy (non-hydrogen) atoms. The molecule has 0 aliphatic rings. The van der Waals surface area contributed by atoms with Crippen LogP contribution in [0.5, 0.6) is 0 Å². The van der Waals surface area contributed by atoms with Crippen molar-refractivity contribution in [1.82, 2.24) is 0 Å². The van der Waals surface area contributed by atoms with Crippen molar-refractivity contribution in [3.63, 3.8) is 0 Å². The van der Waals surface area contributed by atoms with Crippen molar-refractivity contribution in [2.24, 2.45) is 0 Å². The molecule has 0 spiro atoms. The molecule has 98 valence electrons. The Labute approximate surface area is 107 Å². The molecule has 1 nitrogen and oxygen atoms in total. The number of hydrogen-bond acceptors (Lipinski definition) is 1. The molecule has 0 atom stereocenters. The predicted molar refractivity (Wildman–Crippen MR) is 84.0 cm³/mol. The Morgan fingerprint density at radius 1 is 0.938 bits per heavy atom. The summed E-state index contributed by atoms with van der Waals surface area (Å²) in [5.41, 5.74) is 0. The normalized spacial score (nSPS) is 15.0. The van der Waals surface area contributed by atoms with Gasteiger partial charge in [-0.2, -0.15) is 0 Å². The number of rotatable bonds is 6. The fraction of sp³-hybridized carbons (Fsp3) is 1.00. The maximum Gasteiger partial charge on any atom is 0.178 e. The van der Waals surface area contributed by atoms with Gasteiger partial charge in [-0.25, -0.2) is 0 Å². The van der Waals surface area contributed by atoms with Crippen molar-refractivity contribution in [2.45, 2.75) is 77.8 Å². The topological polar surface area (TPSA) is 9.23 Å². The molecular formula is C12H32OSi3. The van der Waals surface area contributed by atoms with E-state index < -0.39 is 15.9 Å². The quantitative estimate of drug-likeness (QED) is 0.664. The van der Waals surface area contributed by atoms with Gasteiger partial charge in [-0.05, 0) is 23.2 Å². The second kappa shape index (κ2) is 5.98. The van der Waals surface area contributed by atoms with Gasteiger partial charge in [0.25, 0.3) is 0 Å². The second-order valence-electron chi connectivity index (χ2n) is 6.67. The van der Waals surface area contributed by atoms with E-state index in [1.54, 1.807) is 0 Å². The van der Waals surface area contributed by atoms with Crippen LogP contribution in [0.15, 0.2) is 0 Å². The lowest BCUT2D eigenvalue weighted by atomic mass is 10.2. The van der Waals surface area contributed by atoms with Crippen LogP contribution in [-0.4, -0.2) is 25.2 Å². The maximum atomic E-state index is 6.61. The van der Waals surface area contributed by atoms with Gasteiger partial charge in [0, 0.05) is 0 Å². The summed E-state index contributed by atoms with van der Waals surface area (Å²) in [6.07, 6.45) is 0. The lowest BCUT2D eigenvalue weighted by molar-refractivity contribution is 0.574. The molecule has 0 saturated heterocycles. The summed E-state index contributed by atoms with van der Waals surface area (Å²) in [5, 5.41) is 0.509. The molecule has 0 rings (SSSR count). The van der Waals surface area contributed by atoms with E-state index in [-0.39, 0.29) is 9.28 Å². The molecular weight excluding hydrogens is 244 g/mol. The smallest absolute Gasteiger partial charge is 0.178 e. The molecule has 0 heterocycles. The van der Waals surface area contributed by atoms with E-state index in [0.717, 1.165) is 0 Å². The van der Waals surface area contributed by atoms with Crippen molar-refractivity contribution >= 4 is 25.2 Å². The molecule has 0 bridgehead atoms. The Hall–Kier alpha value is 0.611. The van der Waals surface area contributed by atoms with Crippen LogP contribution >= 0.6 is 0 Å². The van der Waals surface area contributed by atoms with Crippen LogP contribution < -0.4 is 0 Å². The Bertz CT molecular complexity index is 195. The molecule has 0 N–H and O–H groups in total. The SMILES string of the molecule is CC[Si](CC)(CC)O[SiH2][Si](C)(C)C(C)(C)C. The van der Waals surface area contributed by atoms with E-state index in [9.17, 15) is 0 Å². The van der Waals surface area contributed by atoms with Crippen molar-refractivity contribution in [3.05, 3.63) is 0 Å². The Balaban J connectivity index is 4.54. The highest BCUT2D eigenvalue weighted by Gasteiger charge is 2.39. The summed E-state index contributed by atoms with van der Waals surface area (Å²) in [5.74, 6) is 0. The van der Waals surface area contributed by atoms with Crippen molar-refractivity contribution < 1.29 is 4.12 Å². The monoisotopic (exact) mass is 276 g/mol. The molecule has 0 aromatic heterocycles. The fourth-order valence-electron chi connectivity index (χ4n) is 1.61. The minimum absolute atomic E-state index is 0.301. The predicted octanol–water partition coefficient (Wildman–Crippen LogP) is 4.10. The zero-order chi connectivity index (χ0) is 13.0. The fourth-order valence-corrected chi connectivity index (χ4v) is 16.0. The summed E-state index contributed by atoms with van der Waals surface area (Å²) in [6, 6.07) is 3.92. The van der Waals surface area contributed by atoms with Crippen molar-refractivity contribution in [1.29, 1.82) is 0 Å². The highest BCUT2D eigenvalue weighted by Crippen LogP contribution is 2.36. The van der Waals surface area contributed by atoms with Crippen LogP contribution in [0, 0.1) is 0 Å². The van der Waals surface area contributed by atoms with Gasteiger partial charge in [0.1, 0.15) is 9.28 Å². The first-order valence-electron chi connectivity index (χ1n) is 6.78. The maximum absolute atomic E-state index is 6.61. The molecule has 0 aliphatic heterocycles. The molecule has 0 radical (unpaired) electrons. The molecule has 0 aliphatic carbocycles.